The van der Waals surface area contributed by atoms with E-state index in [1.807, 2.05) is 12.1 Å². The van der Waals surface area contributed by atoms with Crippen molar-refractivity contribution in [1.29, 1.82) is 0 Å². The smallest absolute Gasteiger partial charge is 0.340 e. The molecule has 0 saturated carbocycles. The first kappa shape index (κ1) is 25.3. The van der Waals surface area contributed by atoms with Gasteiger partial charge in [0.1, 0.15) is 0 Å². The summed E-state index contributed by atoms with van der Waals surface area (Å²) in [6.07, 6.45) is 0. The molecular weight excluding hydrogens is 541 g/mol. The monoisotopic (exact) mass is 560 g/mol. The van der Waals surface area contributed by atoms with Gasteiger partial charge in [-0.15, -0.1) is 0 Å². The van der Waals surface area contributed by atoms with Gasteiger partial charge in [0.15, 0.2) is 9.84 Å². The van der Waals surface area contributed by atoms with Crippen molar-refractivity contribution in [2.45, 2.75) is 27.8 Å². The third kappa shape index (κ3) is 6.37. The lowest BCUT2D eigenvalue weighted by atomic mass is 10.1. The molecule has 3 rings (SSSR count). The molecule has 0 aliphatic rings. The Kier molecular flexibility index (Phi) is 8.47. The maximum absolute atomic E-state index is 13.8. The number of halogens is 3. The van der Waals surface area contributed by atoms with E-state index in [4.69, 9.17) is 9.79 Å². The minimum Gasteiger partial charge on any atom is -0.346 e. The van der Waals surface area contributed by atoms with Crippen LogP contribution in [0.4, 0.5) is 8.78 Å². The quantitative estimate of drug-likeness (QED) is 0.305. The maximum Gasteiger partial charge on any atom is 0.340 e. The van der Waals surface area contributed by atoms with Crippen molar-refractivity contribution < 1.29 is 27.0 Å². The molecule has 0 amide bonds. The van der Waals surface area contributed by atoms with Gasteiger partial charge in [0.25, 0.3) is 0 Å². The predicted molar refractivity (Wildman–Crippen MR) is 128 cm³/mol. The zero-order chi connectivity index (χ0) is 23.4. The lowest BCUT2D eigenvalue weighted by molar-refractivity contribution is 0.0724. The number of sulfone groups is 1. The lowest BCUT2D eigenvalue weighted by Gasteiger charge is -2.19. The highest BCUT2D eigenvalue weighted by Gasteiger charge is 2.42. The summed E-state index contributed by atoms with van der Waals surface area (Å²) in [5, 5.41) is 0. The molecule has 0 aliphatic heterocycles. The zero-order valence-electron chi connectivity index (χ0n) is 16.7. The lowest BCUT2D eigenvalue weighted by Crippen LogP contribution is -2.11. The van der Waals surface area contributed by atoms with E-state index in [2.05, 4.69) is 15.9 Å². The predicted octanol–water partition coefficient (Wildman–Crippen LogP) is 6.20. The normalized spacial score (nSPS) is 12.3. The summed E-state index contributed by atoms with van der Waals surface area (Å²) in [6.45, 7) is 0. The van der Waals surface area contributed by atoms with Crippen LogP contribution in [0.25, 0.3) is 0 Å². The molecule has 2 N–H and O–H groups in total. The van der Waals surface area contributed by atoms with E-state index in [1.54, 1.807) is 60.3 Å². The number of hydrogen-bond acceptors (Lipinski definition) is 5. The fourth-order valence-corrected chi connectivity index (χ4v) is 6.50. The summed E-state index contributed by atoms with van der Waals surface area (Å²) in [4.78, 5) is 18.2. The van der Waals surface area contributed by atoms with Crippen LogP contribution >= 0.6 is 36.1 Å². The van der Waals surface area contributed by atoms with Crippen LogP contribution in [-0.4, -0.2) is 18.2 Å². The Morgan fingerprint density at radius 2 is 1.44 bits per heavy atom. The first-order valence-electron chi connectivity index (χ1n) is 9.37. The topological polar surface area (TPSA) is 74.6 Å². The molecule has 0 heterocycles. The summed E-state index contributed by atoms with van der Waals surface area (Å²) in [5.74, 6) is 1.17. The number of alkyl halides is 2. The largest absolute Gasteiger partial charge is 0.346 e. The van der Waals surface area contributed by atoms with E-state index in [-0.39, 0.29) is 10.2 Å². The molecule has 0 saturated heterocycles. The average Bonchev–Trinajstić information content (AvgIpc) is 2.75. The second-order valence-corrected chi connectivity index (χ2v) is 12.0. The SMILES string of the molecule is O=S(=O)(Cc1ccc(CSCc2ccc(C(F)(F)P(O)O)c(Br)c2)cc1)c1ccccc1. The zero-order valence-corrected chi connectivity index (χ0v) is 20.8. The van der Waals surface area contributed by atoms with Crippen LogP contribution in [0.1, 0.15) is 22.3 Å². The van der Waals surface area contributed by atoms with Gasteiger partial charge in [-0.1, -0.05) is 70.5 Å². The highest BCUT2D eigenvalue weighted by Crippen LogP contribution is 2.54. The van der Waals surface area contributed by atoms with E-state index in [0.717, 1.165) is 11.1 Å². The summed E-state index contributed by atoms with van der Waals surface area (Å²) in [7, 11) is -6.81. The van der Waals surface area contributed by atoms with Gasteiger partial charge in [-0.3, -0.25) is 0 Å². The van der Waals surface area contributed by atoms with Crippen LogP contribution < -0.4 is 0 Å². The van der Waals surface area contributed by atoms with Gasteiger partial charge in [-0.05, 0) is 34.9 Å². The van der Waals surface area contributed by atoms with Gasteiger partial charge in [0.2, 0.25) is 8.38 Å². The van der Waals surface area contributed by atoms with Crippen molar-refractivity contribution in [3.05, 3.63) is 99.5 Å². The highest BCUT2D eigenvalue weighted by molar-refractivity contribution is 9.10. The molecule has 4 nitrogen and oxygen atoms in total. The molecule has 10 heteroatoms. The second kappa shape index (κ2) is 10.7. The minimum absolute atomic E-state index is 0.0701. The van der Waals surface area contributed by atoms with Crippen LogP contribution in [-0.2, 0) is 32.8 Å². The van der Waals surface area contributed by atoms with E-state index in [0.29, 0.717) is 22.0 Å². The van der Waals surface area contributed by atoms with Crippen LogP contribution in [0.3, 0.4) is 0 Å². The van der Waals surface area contributed by atoms with Crippen LogP contribution in [0, 0.1) is 0 Å². The van der Waals surface area contributed by atoms with Gasteiger partial charge in [-0.25, -0.2) is 8.42 Å². The molecule has 0 aliphatic carbocycles. The van der Waals surface area contributed by atoms with Crippen molar-refractivity contribution in [2.24, 2.45) is 0 Å². The molecule has 0 unspecified atom stereocenters. The first-order valence-corrected chi connectivity index (χ1v) is 14.2. The number of rotatable bonds is 9. The molecule has 3 aromatic rings. The maximum atomic E-state index is 13.8. The Morgan fingerprint density at radius 3 is 2.03 bits per heavy atom. The molecule has 0 spiro atoms. The Labute approximate surface area is 199 Å². The molecule has 170 valence electrons. The fraction of sp³-hybridized carbons (Fsp3) is 0.182. The van der Waals surface area contributed by atoms with Gasteiger partial charge in [0.05, 0.1) is 10.6 Å². The molecule has 0 fully saturated rings. The summed E-state index contributed by atoms with van der Waals surface area (Å²) in [6, 6.07) is 20.0. The first-order chi connectivity index (χ1) is 15.1. The summed E-state index contributed by atoms with van der Waals surface area (Å²) in [5.41, 5.74) is -1.62. The van der Waals surface area contributed by atoms with E-state index >= 15 is 0 Å². The van der Waals surface area contributed by atoms with Gasteiger partial charge in [-0.2, -0.15) is 20.5 Å². The number of hydrogen-bond donors (Lipinski definition) is 2. The van der Waals surface area contributed by atoms with Gasteiger partial charge >= 0.3 is 5.66 Å². The fourth-order valence-electron chi connectivity index (χ4n) is 2.95. The van der Waals surface area contributed by atoms with Crippen molar-refractivity contribution in [1.82, 2.24) is 0 Å². The van der Waals surface area contributed by atoms with Crippen LogP contribution in [0.5, 0.6) is 0 Å². The molecular formula is C22H20BrF2O4PS2. The van der Waals surface area contributed by atoms with Gasteiger partial charge in [0, 0.05) is 21.5 Å². The molecule has 0 atom stereocenters. The van der Waals surface area contributed by atoms with Crippen LogP contribution in [0.2, 0.25) is 0 Å². The third-order valence-corrected chi connectivity index (χ3v) is 8.81. The Hall–Kier alpha value is -1.35. The standard InChI is InChI=1S/C22H20BrF2O4PS2/c23-21-12-18(10-11-20(21)22(24,25)30(26)27)14-31-13-16-6-8-17(9-7-16)15-32(28,29)19-4-2-1-3-5-19/h1-12,26-27H,13-15H2. The molecule has 0 bridgehead atoms. The summed E-state index contributed by atoms with van der Waals surface area (Å²) < 4.78 is 52.8. The van der Waals surface area contributed by atoms with E-state index in [1.165, 1.54) is 12.1 Å². The Morgan fingerprint density at radius 1 is 0.875 bits per heavy atom. The van der Waals surface area contributed by atoms with Gasteiger partial charge < -0.3 is 9.79 Å². The average molecular weight is 561 g/mol. The molecule has 3 aromatic carbocycles. The van der Waals surface area contributed by atoms with E-state index in [9.17, 15) is 17.2 Å². The molecule has 0 aromatic heterocycles. The second-order valence-electron chi connectivity index (χ2n) is 7.03. The molecule has 32 heavy (non-hydrogen) atoms. The Balaban J connectivity index is 1.56. The number of thioether (sulfide) groups is 1. The van der Waals surface area contributed by atoms with Crippen molar-refractivity contribution >= 4 is 45.9 Å². The molecule has 0 radical (unpaired) electrons. The Bertz CT molecular complexity index is 1160. The summed E-state index contributed by atoms with van der Waals surface area (Å²) >= 11 is 4.67. The third-order valence-electron chi connectivity index (χ3n) is 4.63. The van der Waals surface area contributed by atoms with Crippen molar-refractivity contribution in [2.75, 3.05) is 0 Å². The van der Waals surface area contributed by atoms with Crippen LogP contribution in [0.15, 0.2) is 82.2 Å². The number of benzene rings is 3. The highest BCUT2D eigenvalue weighted by atomic mass is 79.9. The van der Waals surface area contributed by atoms with Crippen molar-refractivity contribution in [3.8, 4) is 0 Å². The minimum atomic E-state index is -3.70. The van der Waals surface area contributed by atoms with Crippen molar-refractivity contribution in [3.63, 3.8) is 0 Å². The van der Waals surface area contributed by atoms with E-state index < -0.39 is 29.4 Å².